The number of alkyl halides is 3. The molecule has 1 saturated carbocycles. The molecule has 3 aromatic rings. The van der Waals surface area contributed by atoms with E-state index in [2.05, 4.69) is 20.1 Å². The molecule has 2 unspecified atom stereocenters. The Balaban J connectivity index is 1.05. The van der Waals surface area contributed by atoms with Gasteiger partial charge in [0, 0.05) is 19.3 Å². The summed E-state index contributed by atoms with van der Waals surface area (Å²) in [7, 11) is 1.94. The average molecular weight is 492 g/mol. The van der Waals surface area contributed by atoms with Gasteiger partial charge in [0.05, 0.1) is 11.3 Å². The molecule has 0 amide bonds. The van der Waals surface area contributed by atoms with Crippen LogP contribution in [0.4, 0.5) is 13.2 Å². The zero-order valence-electron chi connectivity index (χ0n) is 19.3. The first-order chi connectivity index (χ1) is 16.3. The average Bonchev–Trinajstić information content (AvgIpc) is 3.08. The smallest absolute Gasteiger partial charge is 0.416 e. The molecule has 2 fully saturated rings. The predicted molar refractivity (Wildman–Crippen MR) is 123 cm³/mol. The van der Waals surface area contributed by atoms with E-state index in [0.717, 1.165) is 67.5 Å². The molecule has 0 radical (unpaired) electrons. The van der Waals surface area contributed by atoms with Gasteiger partial charge in [-0.2, -0.15) is 13.2 Å². The van der Waals surface area contributed by atoms with Gasteiger partial charge in [-0.05, 0) is 74.7 Å². The first-order valence-electron chi connectivity index (χ1n) is 11.6. The Morgan fingerprint density at radius 2 is 1.97 bits per heavy atom. The Hall–Kier alpha value is -2.33. The molecule has 1 aliphatic heterocycles. The van der Waals surface area contributed by atoms with Crippen molar-refractivity contribution < 1.29 is 17.6 Å². The second kappa shape index (κ2) is 9.03. The molecule has 34 heavy (non-hydrogen) atoms. The van der Waals surface area contributed by atoms with Crippen LogP contribution in [0.15, 0.2) is 40.2 Å². The number of halogens is 3. The highest BCUT2D eigenvalue weighted by Gasteiger charge is 2.57. The van der Waals surface area contributed by atoms with Crippen molar-refractivity contribution in [1.82, 2.24) is 24.6 Å². The van der Waals surface area contributed by atoms with Crippen LogP contribution in [0.3, 0.4) is 0 Å². The molecule has 3 heterocycles. The van der Waals surface area contributed by atoms with E-state index in [1.165, 1.54) is 18.5 Å². The van der Waals surface area contributed by atoms with Gasteiger partial charge >= 0.3 is 6.18 Å². The van der Waals surface area contributed by atoms with Crippen molar-refractivity contribution in [3.63, 3.8) is 0 Å². The minimum atomic E-state index is -4.27. The van der Waals surface area contributed by atoms with E-state index in [0.29, 0.717) is 17.5 Å². The summed E-state index contributed by atoms with van der Waals surface area (Å²) in [5.74, 6) is 2.70. The number of hydrogen-bond acceptors (Lipinski definition) is 6. The van der Waals surface area contributed by atoms with E-state index in [4.69, 9.17) is 4.42 Å². The maximum absolute atomic E-state index is 12.8. The molecule has 2 atom stereocenters. The molecule has 10 heteroatoms. The number of thioether (sulfide) groups is 1. The number of aryl methyl sites for hydroxylation is 1. The van der Waals surface area contributed by atoms with Crippen molar-refractivity contribution in [3.05, 3.63) is 47.5 Å². The van der Waals surface area contributed by atoms with Crippen molar-refractivity contribution >= 4 is 11.8 Å². The monoisotopic (exact) mass is 491 g/mol. The highest BCUT2D eigenvalue weighted by atomic mass is 32.2. The number of benzene rings is 1. The third-order valence-corrected chi connectivity index (χ3v) is 8.28. The molecule has 1 spiro atoms. The van der Waals surface area contributed by atoms with Crippen LogP contribution in [-0.4, -0.2) is 50.0 Å². The molecule has 2 aliphatic rings. The molecule has 2 aromatic heterocycles. The SMILES string of the molecule is Cc1ncoc1-c1nnc(SCCCCN2CCC3(CC3c3ccc(C(F)(F)F)cc3)C2)n1C. The number of rotatable bonds is 8. The maximum Gasteiger partial charge on any atom is 0.416 e. The van der Waals surface area contributed by atoms with Gasteiger partial charge in [0.2, 0.25) is 5.82 Å². The number of oxazole rings is 1. The predicted octanol–water partition coefficient (Wildman–Crippen LogP) is 5.55. The molecule has 0 bridgehead atoms. The van der Waals surface area contributed by atoms with E-state index >= 15 is 0 Å². The van der Waals surface area contributed by atoms with Crippen LogP contribution in [0.5, 0.6) is 0 Å². The molecule has 182 valence electrons. The van der Waals surface area contributed by atoms with E-state index in [-0.39, 0.29) is 5.41 Å². The van der Waals surface area contributed by atoms with Crippen molar-refractivity contribution in [2.45, 2.75) is 49.9 Å². The van der Waals surface area contributed by atoms with Gasteiger partial charge < -0.3 is 13.9 Å². The molecule has 1 aromatic carbocycles. The molecule has 1 saturated heterocycles. The highest BCUT2D eigenvalue weighted by molar-refractivity contribution is 7.99. The van der Waals surface area contributed by atoms with Gasteiger partial charge in [-0.3, -0.25) is 0 Å². The van der Waals surface area contributed by atoms with Crippen LogP contribution in [0.25, 0.3) is 11.6 Å². The Morgan fingerprint density at radius 1 is 1.18 bits per heavy atom. The quantitative estimate of drug-likeness (QED) is 0.304. The van der Waals surface area contributed by atoms with Gasteiger partial charge in [0.25, 0.3) is 0 Å². The summed E-state index contributed by atoms with van der Waals surface area (Å²) in [5, 5.41) is 9.40. The fraction of sp³-hybridized carbons (Fsp3) is 0.542. The first kappa shape index (κ1) is 23.4. The molecule has 1 aliphatic carbocycles. The zero-order valence-corrected chi connectivity index (χ0v) is 20.1. The van der Waals surface area contributed by atoms with Crippen molar-refractivity contribution in [1.29, 1.82) is 0 Å². The number of aromatic nitrogens is 4. The summed E-state index contributed by atoms with van der Waals surface area (Å²) in [6, 6.07) is 5.78. The Bertz CT molecular complexity index is 1140. The van der Waals surface area contributed by atoms with E-state index in [1.54, 1.807) is 23.9 Å². The van der Waals surface area contributed by atoms with E-state index in [9.17, 15) is 13.2 Å². The number of unbranched alkanes of at least 4 members (excludes halogenated alkanes) is 1. The van der Waals surface area contributed by atoms with Gasteiger partial charge in [-0.15, -0.1) is 10.2 Å². The van der Waals surface area contributed by atoms with Gasteiger partial charge in [-0.1, -0.05) is 23.9 Å². The van der Waals surface area contributed by atoms with Crippen molar-refractivity contribution in [3.8, 4) is 11.6 Å². The number of hydrogen-bond donors (Lipinski definition) is 0. The topological polar surface area (TPSA) is 60.0 Å². The van der Waals surface area contributed by atoms with Crippen LogP contribution in [0, 0.1) is 12.3 Å². The second-order valence-electron chi connectivity index (χ2n) is 9.45. The third-order valence-electron chi connectivity index (χ3n) is 7.18. The second-order valence-corrected chi connectivity index (χ2v) is 10.5. The van der Waals surface area contributed by atoms with Crippen LogP contribution >= 0.6 is 11.8 Å². The minimum Gasteiger partial charge on any atom is -0.440 e. The summed E-state index contributed by atoms with van der Waals surface area (Å²) >= 11 is 1.69. The van der Waals surface area contributed by atoms with E-state index < -0.39 is 11.7 Å². The van der Waals surface area contributed by atoms with Crippen LogP contribution < -0.4 is 0 Å². The summed E-state index contributed by atoms with van der Waals surface area (Å²) < 4.78 is 45.8. The third kappa shape index (κ3) is 4.62. The first-order valence-corrected chi connectivity index (χ1v) is 12.6. The largest absolute Gasteiger partial charge is 0.440 e. The van der Waals surface area contributed by atoms with E-state index in [1.807, 2.05) is 18.5 Å². The summed E-state index contributed by atoms with van der Waals surface area (Å²) in [4.78, 5) is 6.63. The van der Waals surface area contributed by atoms with Crippen molar-refractivity contribution in [2.75, 3.05) is 25.4 Å². The molecular weight excluding hydrogens is 463 g/mol. The lowest BCUT2D eigenvalue weighted by molar-refractivity contribution is -0.137. The molecule has 0 N–H and O–H groups in total. The summed E-state index contributed by atoms with van der Waals surface area (Å²) in [5.41, 5.74) is 1.55. The fourth-order valence-electron chi connectivity index (χ4n) is 5.11. The normalized spacial score (nSPS) is 22.7. The van der Waals surface area contributed by atoms with Crippen LogP contribution in [0.1, 0.15) is 48.4 Å². The molecular formula is C24H28F3N5OS. The Morgan fingerprint density at radius 3 is 2.68 bits per heavy atom. The number of nitrogens with zero attached hydrogens (tertiary/aromatic N) is 5. The minimum absolute atomic E-state index is 0.266. The summed E-state index contributed by atoms with van der Waals surface area (Å²) in [6.45, 7) is 5.07. The lowest BCUT2D eigenvalue weighted by atomic mass is 9.97. The zero-order chi connectivity index (χ0) is 23.9. The molecule has 6 nitrogen and oxygen atoms in total. The maximum atomic E-state index is 12.8. The lowest BCUT2D eigenvalue weighted by Gasteiger charge is -2.16. The van der Waals surface area contributed by atoms with Crippen LogP contribution in [0.2, 0.25) is 0 Å². The molecule has 5 rings (SSSR count). The van der Waals surface area contributed by atoms with Crippen LogP contribution in [-0.2, 0) is 13.2 Å². The Kier molecular flexibility index (Phi) is 6.22. The lowest BCUT2D eigenvalue weighted by Crippen LogP contribution is -2.22. The number of likely N-dealkylation sites (tertiary alicyclic amines) is 1. The standard InChI is InChI=1S/C24H28F3N5OS/c1-16-20(33-15-28-16)21-29-30-22(31(21)2)34-12-4-3-10-32-11-9-23(14-32)13-19(23)17-5-7-18(8-6-17)24(25,26)27/h5-8,15,19H,3-4,9-14H2,1-2H3. The summed E-state index contributed by atoms with van der Waals surface area (Å²) in [6.07, 6.45) is 1.56. The van der Waals surface area contributed by atoms with Crippen molar-refractivity contribution in [2.24, 2.45) is 12.5 Å². The van der Waals surface area contributed by atoms with Gasteiger partial charge in [-0.25, -0.2) is 4.98 Å². The highest BCUT2D eigenvalue weighted by Crippen LogP contribution is 2.64. The van der Waals surface area contributed by atoms with Gasteiger partial charge in [0.1, 0.15) is 0 Å². The Labute approximate surface area is 200 Å². The van der Waals surface area contributed by atoms with Gasteiger partial charge in [0.15, 0.2) is 17.3 Å². The fourth-order valence-corrected chi connectivity index (χ4v) is 6.02.